The number of aryl methyl sites for hydroxylation is 1. The Bertz CT molecular complexity index is 662. The van der Waals surface area contributed by atoms with Crippen molar-refractivity contribution < 1.29 is 19.1 Å². The Balaban J connectivity index is 1.94. The fourth-order valence-electron chi connectivity index (χ4n) is 1.70. The van der Waals surface area contributed by atoms with E-state index in [0.717, 1.165) is 5.56 Å². The first-order valence-corrected chi connectivity index (χ1v) is 6.80. The van der Waals surface area contributed by atoms with Crippen LogP contribution in [0.5, 0.6) is 5.75 Å². The summed E-state index contributed by atoms with van der Waals surface area (Å²) in [7, 11) is 0. The quantitative estimate of drug-likeness (QED) is 0.533. The van der Waals surface area contributed by atoms with Crippen molar-refractivity contribution >= 4 is 17.6 Å². The zero-order chi connectivity index (χ0) is 16.1. The molecule has 2 aromatic carbocycles. The van der Waals surface area contributed by atoms with Gasteiger partial charge in [0.15, 0.2) is 6.10 Å². The Morgan fingerprint density at radius 2 is 1.59 bits per heavy atom. The summed E-state index contributed by atoms with van der Waals surface area (Å²) in [6.07, 6.45) is -1.01. The third kappa shape index (κ3) is 4.09. The summed E-state index contributed by atoms with van der Waals surface area (Å²) >= 11 is 0. The number of benzene rings is 2. The molecular formula is C17H17NO4. The van der Waals surface area contributed by atoms with E-state index >= 15 is 0 Å². The topological polar surface area (TPSA) is 78.6 Å². The maximum Gasteiger partial charge on any atom is 0.352 e. The van der Waals surface area contributed by atoms with E-state index in [4.69, 9.17) is 15.2 Å². The standard InChI is InChI=1S/C17H17NO4/c1-11-3-9-15(10-4-11)22-16(19)12(2)21-17(20)13-5-7-14(18)8-6-13/h3-10,12H,18H2,1-2H3. The minimum atomic E-state index is -1.01. The van der Waals surface area contributed by atoms with Gasteiger partial charge in [-0.15, -0.1) is 0 Å². The molecule has 0 aromatic heterocycles. The zero-order valence-electron chi connectivity index (χ0n) is 12.4. The van der Waals surface area contributed by atoms with Gasteiger partial charge in [-0.2, -0.15) is 0 Å². The Labute approximate surface area is 128 Å². The van der Waals surface area contributed by atoms with E-state index in [2.05, 4.69) is 0 Å². The van der Waals surface area contributed by atoms with Gasteiger partial charge in [0.05, 0.1) is 5.56 Å². The number of rotatable bonds is 4. The number of nitrogen functional groups attached to an aromatic ring is 1. The fraction of sp³-hybridized carbons (Fsp3) is 0.176. The van der Waals surface area contributed by atoms with Crippen LogP contribution in [0.4, 0.5) is 5.69 Å². The molecule has 0 saturated heterocycles. The average Bonchev–Trinajstić information content (AvgIpc) is 2.50. The lowest BCUT2D eigenvalue weighted by Crippen LogP contribution is -2.28. The molecule has 0 heterocycles. The Morgan fingerprint density at radius 3 is 2.18 bits per heavy atom. The summed E-state index contributed by atoms with van der Waals surface area (Å²) in [6.45, 7) is 3.40. The molecule has 0 aliphatic heterocycles. The van der Waals surface area contributed by atoms with Crippen molar-refractivity contribution in [2.24, 2.45) is 0 Å². The van der Waals surface area contributed by atoms with Gasteiger partial charge in [-0.05, 0) is 50.2 Å². The fourth-order valence-corrected chi connectivity index (χ4v) is 1.70. The molecule has 0 saturated carbocycles. The van der Waals surface area contributed by atoms with E-state index in [1.807, 2.05) is 19.1 Å². The second-order valence-electron chi connectivity index (χ2n) is 4.90. The van der Waals surface area contributed by atoms with Gasteiger partial charge in [0.2, 0.25) is 0 Å². The summed E-state index contributed by atoms with van der Waals surface area (Å²) in [4.78, 5) is 23.8. The van der Waals surface area contributed by atoms with Crippen molar-refractivity contribution in [2.45, 2.75) is 20.0 Å². The van der Waals surface area contributed by atoms with Crippen molar-refractivity contribution in [3.8, 4) is 5.75 Å². The van der Waals surface area contributed by atoms with Crippen LogP contribution in [-0.2, 0) is 9.53 Å². The number of ether oxygens (including phenoxy) is 2. The van der Waals surface area contributed by atoms with Crippen LogP contribution >= 0.6 is 0 Å². The van der Waals surface area contributed by atoms with E-state index in [0.29, 0.717) is 17.0 Å². The smallest absolute Gasteiger partial charge is 0.352 e. The lowest BCUT2D eigenvalue weighted by molar-refractivity contribution is -0.143. The molecule has 0 bridgehead atoms. The van der Waals surface area contributed by atoms with E-state index in [1.54, 1.807) is 24.3 Å². The molecule has 0 aliphatic carbocycles. The predicted molar refractivity (Wildman–Crippen MR) is 82.5 cm³/mol. The molecule has 5 nitrogen and oxygen atoms in total. The minimum Gasteiger partial charge on any atom is -0.447 e. The second-order valence-corrected chi connectivity index (χ2v) is 4.90. The van der Waals surface area contributed by atoms with Crippen LogP contribution in [-0.4, -0.2) is 18.0 Å². The van der Waals surface area contributed by atoms with E-state index in [9.17, 15) is 9.59 Å². The Hall–Kier alpha value is -2.82. The Morgan fingerprint density at radius 1 is 1.00 bits per heavy atom. The molecule has 0 radical (unpaired) electrons. The van der Waals surface area contributed by atoms with Crippen LogP contribution in [0.3, 0.4) is 0 Å². The summed E-state index contributed by atoms with van der Waals surface area (Å²) in [5.74, 6) is -0.827. The molecule has 5 heteroatoms. The maximum absolute atomic E-state index is 11.9. The van der Waals surface area contributed by atoms with Crippen LogP contribution < -0.4 is 10.5 Å². The number of hydrogen-bond acceptors (Lipinski definition) is 5. The molecule has 0 fully saturated rings. The number of hydrogen-bond donors (Lipinski definition) is 1. The highest BCUT2D eigenvalue weighted by Crippen LogP contribution is 2.14. The van der Waals surface area contributed by atoms with Crippen molar-refractivity contribution in [3.63, 3.8) is 0 Å². The van der Waals surface area contributed by atoms with Crippen LogP contribution in [0.1, 0.15) is 22.8 Å². The molecule has 1 atom stereocenters. The molecule has 1 unspecified atom stereocenters. The summed E-state index contributed by atoms with van der Waals surface area (Å²) < 4.78 is 10.2. The maximum atomic E-state index is 11.9. The number of nitrogens with two attached hydrogens (primary N) is 1. The average molecular weight is 299 g/mol. The molecule has 22 heavy (non-hydrogen) atoms. The van der Waals surface area contributed by atoms with E-state index < -0.39 is 18.0 Å². The van der Waals surface area contributed by atoms with Gasteiger partial charge in [-0.1, -0.05) is 17.7 Å². The Kier molecular flexibility index (Phi) is 4.78. The SMILES string of the molecule is Cc1ccc(OC(=O)C(C)OC(=O)c2ccc(N)cc2)cc1. The molecule has 0 amide bonds. The van der Waals surface area contributed by atoms with Gasteiger partial charge in [-0.25, -0.2) is 9.59 Å². The zero-order valence-corrected chi connectivity index (χ0v) is 12.4. The first kappa shape index (κ1) is 15.6. The first-order valence-electron chi connectivity index (χ1n) is 6.80. The van der Waals surface area contributed by atoms with Crippen molar-refractivity contribution in [2.75, 3.05) is 5.73 Å². The molecule has 2 rings (SSSR count). The van der Waals surface area contributed by atoms with Gasteiger partial charge < -0.3 is 15.2 Å². The monoisotopic (exact) mass is 299 g/mol. The van der Waals surface area contributed by atoms with Gasteiger partial charge >= 0.3 is 11.9 Å². The lowest BCUT2D eigenvalue weighted by atomic mass is 10.2. The predicted octanol–water partition coefficient (Wildman–Crippen LogP) is 2.73. The number of carbonyl (C=O) groups is 2. The van der Waals surface area contributed by atoms with Crippen LogP contribution in [0, 0.1) is 6.92 Å². The van der Waals surface area contributed by atoms with Gasteiger partial charge in [0.25, 0.3) is 0 Å². The molecule has 2 N–H and O–H groups in total. The summed E-state index contributed by atoms with van der Waals surface area (Å²) in [5, 5.41) is 0. The van der Waals surface area contributed by atoms with Crippen LogP contribution in [0.2, 0.25) is 0 Å². The largest absolute Gasteiger partial charge is 0.447 e. The van der Waals surface area contributed by atoms with Gasteiger partial charge in [0, 0.05) is 5.69 Å². The first-order chi connectivity index (χ1) is 10.5. The van der Waals surface area contributed by atoms with Gasteiger partial charge in [0.1, 0.15) is 5.75 Å². The summed E-state index contributed by atoms with van der Waals surface area (Å²) in [6, 6.07) is 13.3. The highest BCUT2D eigenvalue weighted by atomic mass is 16.6. The van der Waals surface area contributed by atoms with E-state index in [-0.39, 0.29) is 0 Å². The molecule has 2 aromatic rings. The highest BCUT2D eigenvalue weighted by molar-refractivity contribution is 5.91. The minimum absolute atomic E-state index is 0.323. The van der Waals surface area contributed by atoms with Gasteiger partial charge in [-0.3, -0.25) is 0 Å². The van der Waals surface area contributed by atoms with E-state index in [1.165, 1.54) is 19.1 Å². The number of esters is 2. The van der Waals surface area contributed by atoms with Crippen molar-refractivity contribution in [3.05, 3.63) is 59.7 Å². The number of anilines is 1. The normalized spacial score (nSPS) is 11.5. The highest BCUT2D eigenvalue weighted by Gasteiger charge is 2.20. The van der Waals surface area contributed by atoms with Crippen molar-refractivity contribution in [1.29, 1.82) is 0 Å². The van der Waals surface area contributed by atoms with Crippen molar-refractivity contribution in [1.82, 2.24) is 0 Å². The molecular weight excluding hydrogens is 282 g/mol. The molecule has 0 aliphatic rings. The molecule has 0 spiro atoms. The molecule has 114 valence electrons. The van der Waals surface area contributed by atoms with Crippen LogP contribution in [0.25, 0.3) is 0 Å². The third-order valence-electron chi connectivity index (χ3n) is 3.00. The third-order valence-corrected chi connectivity index (χ3v) is 3.00. The second kappa shape index (κ2) is 6.76. The lowest BCUT2D eigenvalue weighted by Gasteiger charge is -2.12. The summed E-state index contributed by atoms with van der Waals surface area (Å²) in [5.41, 5.74) is 7.47. The van der Waals surface area contributed by atoms with Crippen LogP contribution in [0.15, 0.2) is 48.5 Å². The number of carbonyl (C=O) groups excluding carboxylic acids is 2.